The molecule has 0 spiro atoms. The minimum absolute atomic E-state index is 0.0958. The van der Waals surface area contributed by atoms with Crippen LogP contribution in [-0.4, -0.2) is 17.8 Å². The smallest absolute Gasteiger partial charge is 0.308 e. The molecule has 0 aromatic heterocycles. The minimum Gasteiger partial charge on any atom is -0.426 e. The highest BCUT2D eigenvalue weighted by Crippen LogP contribution is 2.19. The lowest BCUT2D eigenvalue weighted by Gasteiger charge is -2.08. The minimum atomic E-state index is -0.657. The van der Waals surface area contributed by atoms with Gasteiger partial charge in [-0.05, 0) is 39.7 Å². The van der Waals surface area contributed by atoms with Gasteiger partial charge in [-0.15, -0.1) is 0 Å². The summed E-state index contributed by atoms with van der Waals surface area (Å²) in [5, 5.41) is 2.25. The second-order valence-electron chi connectivity index (χ2n) is 4.78. The summed E-state index contributed by atoms with van der Waals surface area (Å²) < 4.78 is 5.17. The number of ether oxygens (including phenoxy) is 1. The third kappa shape index (κ3) is 4.89. The van der Waals surface area contributed by atoms with E-state index in [9.17, 15) is 14.4 Å². The first-order valence-electron chi connectivity index (χ1n) is 7.02. The Hall–Kier alpha value is -2.73. The highest BCUT2D eigenvalue weighted by atomic mass is 79.9. The Morgan fingerprint density at radius 2 is 1.62 bits per heavy atom. The van der Waals surface area contributed by atoms with Crippen LogP contribution in [0.25, 0.3) is 6.08 Å². The maximum absolute atomic E-state index is 12.2. The monoisotopic (exact) mass is 387 g/mol. The number of halogens is 1. The van der Waals surface area contributed by atoms with Crippen molar-refractivity contribution in [2.75, 3.05) is 0 Å². The predicted molar refractivity (Wildman–Crippen MR) is 93.6 cm³/mol. The van der Waals surface area contributed by atoms with Gasteiger partial charge in [0, 0.05) is 6.92 Å². The molecule has 0 aliphatic heterocycles. The maximum Gasteiger partial charge on any atom is 0.308 e. The molecule has 0 atom stereocenters. The molecule has 0 aliphatic rings. The first kappa shape index (κ1) is 17.6. The van der Waals surface area contributed by atoms with Gasteiger partial charge in [0.25, 0.3) is 11.8 Å². The molecule has 0 radical (unpaired) electrons. The van der Waals surface area contributed by atoms with Crippen molar-refractivity contribution in [2.45, 2.75) is 6.92 Å². The summed E-state index contributed by atoms with van der Waals surface area (Å²) in [6.45, 7) is 1.24. The second-order valence-corrected chi connectivity index (χ2v) is 5.63. The summed E-state index contributed by atoms with van der Waals surface area (Å²) in [4.78, 5) is 35.4. The van der Waals surface area contributed by atoms with Gasteiger partial charge in [-0.25, -0.2) is 0 Å². The molecule has 24 heavy (non-hydrogen) atoms. The quantitative estimate of drug-likeness (QED) is 0.496. The fourth-order valence-corrected chi connectivity index (χ4v) is 2.25. The van der Waals surface area contributed by atoms with E-state index in [2.05, 4.69) is 21.2 Å². The number of para-hydroxylation sites is 1. The SMILES string of the molecule is CC(=O)Oc1ccccc1C(=O)NC(=O)/C(Br)=C/c1ccccc1. The molecule has 0 heterocycles. The second kappa shape index (κ2) is 8.21. The molecule has 0 bridgehead atoms. The van der Waals surface area contributed by atoms with E-state index in [1.807, 2.05) is 30.3 Å². The predicted octanol–water partition coefficient (Wildman–Crippen LogP) is 3.30. The Balaban J connectivity index is 2.13. The summed E-state index contributed by atoms with van der Waals surface area (Å²) in [7, 11) is 0. The number of benzene rings is 2. The first-order chi connectivity index (χ1) is 11.5. The molecule has 0 unspecified atom stereocenters. The van der Waals surface area contributed by atoms with Crippen LogP contribution in [0.4, 0.5) is 0 Å². The van der Waals surface area contributed by atoms with E-state index >= 15 is 0 Å². The summed E-state index contributed by atoms with van der Waals surface area (Å²) in [6, 6.07) is 15.4. The zero-order valence-corrected chi connectivity index (χ0v) is 14.4. The van der Waals surface area contributed by atoms with Crippen LogP contribution in [0.3, 0.4) is 0 Å². The number of hydrogen-bond donors (Lipinski definition) is 1. The van der Waals surface area contributed by atoms with Crippen LogP contribution in [0, 0.1) is 0 Å². The maximum atomic E-state index is 12.2. The normalized spacial score (nSPS) is 10.8. The number of imide groups is 1. The fourth-order valence-electron chi connectivity index (χ4n) is 1.89. The molecule has 2 aromatic rings. The standard InChI is InChI=1S/C18H14BrNO4/c1-12(21)24-16-10-6-5-9-14(16)17(22)20-18(23)15(19)11-13-7-3-2-4-8-13/h2-11H,1H3,(H,20,22,23)/b15-11-. The van der Waals surface area contributed by atoms with Crippen molar-refractivity contribution in [3.63, 3.8) is 0 Å². The molecule has 5 nitrogen and oxygen atoms in total. The lowest BCUT2D eigenvalue weighted by molar-refractivity contribution is -0.131. The van der Waals surface area contributed by atoms with Crippen molar-refractivity contribution in [3.05, 3.63) is 70.2 Å². The topological polar surface area (TPSA) is 72.5 Å². The first-order valence-corrected chi connectivity index (χ1v) is 7.82. The van der Waals surface area contributed by atoms with Crippen molar-refractivity contribution in [1.29, 1.82) is 0 Å². The van der Waals surface area contributed by atoms with Crippen molar-refractivity contribution >= 4 is 39.8 Å². The van der Waals surface area contributed by atoms with Crippen LogP contribution < -0.4 is 10.1 Å². The molecule has 2 rings (SSSR count). The van der Waals surface area contributed by atoms with Crippen LogP contribution in [0.5, 0.6) is 5.75 Å². The molecular formula is C18H14BrNO4. The van der Waals surface area contributed by atoms with E-state index in [1.165, 1.54) is 19.1 Å². The number of nitrogens with one attached hydrogen (secondary N) is 1. The largest absolute Gasteiger partial charge is 0.426 e. The molecule has 0 aliphatic carbocycles. The van der Waals surface area contributed by atoms with Crippen LogP contribution in [0.2, 0.25) is 0 Å². The van der Waals surface area contributed by atoms with Crippen LogP contribution in [0.1, 0.15) is 22.8 Å². The molecule has 122 valence electrons. The average Bonchev–Trinajstić information content (AvgIpc) is 2.55. The van der Waals surface area contributed by atoms with E-state index in [4.69, 9.17) is 4.74 Å². The molecule has 2 amide bonds. The highest BCUT2D eigenvalue weighted by Gasteiger charge is 2.17. The average molecular weight is 388 g/mol. The van der Waals surface area contributed by atoms with Crippen LogP contribution >= 0.6 is 15.9 Å². The van der Waals surface area contributed by atoms with Gasteiger partial charge in [0.1, 0.15) is 5.75 Å². The van der Waals surface area contributed by atoms with Crippen molar-refractivity contribution in [2.24, 2.45) is 0 Å². The lowest BCUT2D eigenvalue weighted by atomic mass is 10.2. The Labute approximate surface area is 147 Å². The van der Waals surface area contributed by atoms with Gasteiger partial charge in [0.2, 0.25) is 0 Å². The Morgan fingerprint density at radius 3 is 2.29 bits per heavy atom. The fraction of sp³-hybridized carbons (Fsp3) is 0.0556. The van der Waals surface area contributed by atoms with Gasteiger partial charge >= 0.3 is 5.97 Å². The van der Waals surface area contributed by atoms with E-state index in [0.29, 0.717) is 0 Å². The third-order valence-corrected chi connectivity index (χ3v) is 3.51. The zero-order valence-electron chi connectivity index (χ0n) is 12.8. The number of carbonyl (C=O) groups excluding carboxylic acids is 3. The van der Waals surface area contributed by atoms with Gasteiger partial charge in [-0.1, -0.05) is 42.5 Å². The number of hydrogen-bond acceptors (Lipinski definition) is 4. The number of amides is 2. The Morgan fingerprint density at radius 1 is 1.00 bits per heavy atom. The van der Waals surface area contributed by atoms with Gasteiger partial charge in [-0.2, -0.15) is 0 Å². The molecule has 6 heteroatoms. The molecule has 1 N–H and O–H groups in total. The molecule has 2 aromatic carbocycles. The highest BCUT2D eigenvalue weighted by molar-refractivity contribution is 9.12. The van der Waals surface area contributed by atoms with E-state index in [1.54, 1.807) is 18.2 Å². The zero-order chi connectivity index (χ0) is 17.5. The summed E-state index contributed by atoms with van der Waals surface area (Å²) in [6.07, 6.45) is 1.60. The van der Waals surface area contributed by atoms with Crippen molar-refractivity contribution < 1.29 is 19.1 Å². The van der Waals surface area contributed by atoms with Gasteiger partial charge in [0.05, 0.1) is 10.0 Å². The van der Waals surface area contributed by atoms with E-state index in [-0.39, 0.29) is 15.8 Å². The molecule has 0 fully saturated rings. The van der Waals surface area contributed by atoms with Gasteiger partial charge in [0.15, 0.2) is 0 Å². The van der Waals surface area contributed by atoms with Gasteiger partial charge < -0.3 is 4.74 Å². The van der Waals surface area contributed by atoms with Crippen LogP contribution in [0.15, 0.2) is 59.1 Å². The summed E-state index contributed by atoms with van der Waals surface area (Å²) >= 11 is 3.15. The van der Waals surface area contributed by atoms with Crippen LogP contribution in [-0.2, 0) is 9.59 Å². The third-order valence-electron chi connectivity index (χ3n) is 2.92. The molecular weight excluding hydrogens is 374 g/mol. The van der Waals surface area contributed by atoms with Crippen molar-refractivity contribution in [1.82, 2.24) is 5.32 Å². The Bertz CT molecular complexity index is 800. The number of esters is 1. The number of carbonyl (C=O) groups is 3. The molecule has 0 saturated heterocycles. The molecule has 0 saturated carbocycles. The van der Waals surface area contributed by atoms with Gasteiger partial charge in [-0.3, -0.25) is 19.7 Å². The Kier molecular flexibility index (Phi) is 6.03. The number of rotatable bonds is 4. The van der Waals surface area contributed by atoms with E-state index < -0.39 is 17.8 Å². The summed E-state index contributed by atoms with van der Waals surface area (Å²) in [5.41, 5.74) is 0.911. The summed E-state index contributed by atoms with van der Waals surface area (Å²) in [5.74, 6) is -1.71. The van der Waals surface area contributed by atoms with E-state index in [0.717, 1.165) is 5.56 Å². The lowest BCUT2D eigenvalue weighted by Crippen LogP contribution is -2.30. The van der Waals surface area contributed by atoms with Crippen molar-refractivity contribution in [3.8, 4) is 5.75 Å².